The fraction of sp³-hybridized carbons (Fsp3) is 0. The second kappa shape index (κ2) is 4.45. The summed E-state index contributed by atoms with van der Waals surface area (Å²) in [7, 11) is 0. The average Bonchev–Trinajstić information content (AvgIpc) is 2.22. The first-order chi connectivity index (χ1) is 7.24. The molecule has 1 radical (unpaired) electrons. The first kappa shape index (κ1) is 10.2. The number of halogens is 1. The van der Waals surface area contributed by atoms with Gasteiger partial charge in [0.25, 0.3) is 0 Å². The Balaban J connectivity index is 2.18. The van der Waals surface area contributed by atoms with Crippen molar-refractivity contribution in [3.05, 3.63) is 59.6 Å². The topological polar surface area (TPSA) is 22.1 Å². The summed E-state index contributed by atoms with van der Waals surface area (Å²) < 4.78 is 6.56. The van der Waals surface area contributed by atoms with Crippen molar-refractivity contribution in [3.8, 4) is 11.6 Å². The highest BCUT2D eigenvalue weighted by molar-refractivity contribution is 9.10. The van der Waals surface area contributed by atoms with Crippen LogP contribution in [0.15, 0.2) is 46.9 Å². The predicted molar refractivity (Wildman–Crippen MR) is 62.9 cm³/mol. The van der Waals surface area contributed by atoms with Gasteiger partial charge in [-0.15, -0.1) is 0 Å². The maximum Gasteiger partial charge on any atom is 0.219 e. The molecule has 0 aliphatic heterocycles. The zero-order valence-corrected chi connectivity index (χ0v) is 9.57. The molecule has 0 amide bonds. The van der Waals surface area contributed by atoms with Crippen LogP contribution in [0.3, 0.4) is 0 Å². The van der Waals surface area contributed by atoms with E-state index < -0.39 is 0 Å². The Morgan fingerprint density at radius 2 is 1.80 bits per heavy atom. The molecule has 1 aromatic heterocycles. The zero-order chi connectivity index (χ0) is 10.7. The van der Waals surface area contributed by atoms with Crippen LogP contribution in [-0.2, 0) is 0 Å². The first-order valence-electron chi connectivity index (χ1n) is 4.46. The molecular weight excluding hydrogens is 254 g/mol. The highest BCUT2D eigenvalue weighted by atomic mass is 79.9. The van der Waals surface area contributed by atoms with Crippen molar-refractivity contribution in [1.29, 1.82) is 0 Å². The second-order valence-corrected chi connectivity index (χ2v) is 3.94. The molecule has 15 heavy (non-hydrogen) atoms. The lowest BCUT2D eigenvalue weighted by Crippen LogP contribution is -1.88. The van der Waals surface area contributed by atoms with Gasteiger partial charge >= 0.3 is 0 Å². The summed E-state index contributed by atoms with van der Waals surface area (Å²) in [5.41, 5.74) is 0.699. The Labute approximate surface area is 97.1 Å². The SMILES string of the molecule is [CH2]c1cccc(Oc2ccc(Br)cc2)n1. The van der Waals surface area contributed by atoms with Crippen molar-refractivity contribution in [2.75, 3.05) is 0 Å². The van der Waals surface area contributed by atoms with E-state index in [1.165, 1.54) is 0 Å². The molecule has 0 N–H and O–H groups in total. The van der Waals surface area contributed by atoms with Crippen LogP contribution in [0.2, 0.25) is 0 Å². The molecule has 3 heteroatoms. The van der Waals surface area contributed by atoms with Gasteiger partial charge in [0.05, 0.1) is 0 Å². The summed E-state index contributed by atoms with van der Waals surface area (Å²) in [5.74, 6) is 1.32. The quantitative estimate of drug-likeness (QED) is 0.821. The summed E-state index contributed by atoms with van der Waals surface area (Å²) in [5, 5.41) is 0. The molecule has 2 rings (SSSR count). The molecular formula is C12H9BrNO. The number of pyridine rings is 1. The Bertz CT molecular complexity index is 453. The number of rotatable bonds is 2. The van der Waals surface area contributed by atoms with Gasteiger partial charge < -0.3 is 4.74 Å². The number of hydrogen-bond donors (Lipinski definition) is 0. The molecule has 1 heterocycles. The van der Waals surface area contributed by atoms with E-state index in [0.29, 0.717) is 11.6 Å². The van der Waals surface area contributed by atoms with Crippen LogP contribution in [0.4, 0.5) is 0 Å². The zero-order valence-electron chi connectivity index (χ0n) is 7.98. The van der Waals surface area contributed by atoms with Gasteiger partial charge in [0.2, 0.25) is 5.88 Å². The number of hydrogen-bond acceptors (Lipinski definition) is 2. The van der Waals surface area contributed by atoms with Crippen molar-refractivity contribution in [2.45, 2.75) is 0 Å². The minimum atomic E-state index is 0.560. The Hall–Kier alpha value is -1.35. The Kier molecular flexibility index (Phi) is 3.02. The summed E-state index contributed by atoms with van der Waals surface area (Å²) in [4.78, 5) is 4.15. The van der Waals surface area contributed by atoms with Gasteiger partial charge in [-0.25, -0.2) is 4.98 Å². The molecule has 0 atom stereocenters. The third-order valence-corrected chi connectivity index (χ3v) is 2.35. The highest BCUT2D eigenvalue weighted by Crippen LogP contribution is 2.21. The summed E-state index contributed by atoms with van der Waals surface area (Å²) in [6, 6.07) is 13.1. The average molecular weight is 263 g/mol. The van der Waals surface area contributed by atoms with E-state index in [1.54, 1.807) is 6.07 Å². The molecule has 0 unspecified atom stereocenters. The normalized spacial score (nSPS) is 10.0. The number of aromatic nitrogens is 1. The van der Waals surface area contributed by atoms with Crippen molar-refractivity contribution in [2.24, 2.45) is 0 Å². The van der Waals surface area contributed by atoms with Gasteiger partial charge in [0.1, 0.15) is 5.75 Å². The van der Waals surface area contributed by atoms with E-state index in [9.17, 15) is 0 Å². The van der Waals surface area contributed by atoms with Crippen molar-refractivity contribution in [1.82, 2.24) is 4.98 Å². The molecule has 0 aliphatic rings. The monoisotopic (exact) mass is 262 g/mol. The van der Waals surface area contributed by atoms with Crippen LogP contribution < -0.4 is 4.74 Å². The number of benzene rings is 1. The van der Waals surface area contributed by atoms with Crippen molar-refractivity contribution in [3.63, 3.8) is 0 Å². The van der Waals surface area contributed by atoms with E-state index in [-0.39, 0.29) is 0 Å². The summed E-state index contributed by atoms with van der Waals surface area (Å²) >= 11 is 3.36. The Morgan fingerprint density at radius 3 is 2.47 bits per heavy atom. The standard InChI is InChI=1S/C12H9BrNO/c1-9-3-2-4-12(14-9)15-11-7-5-10(13)6-8-11/h2-8H,1H2. The molecule has 0 bridgehead atoms. The van der Waals surface area contributed by atoms with Gasteiger partial charge in [0, 0.05) is 16.2 Å². The highest BCUT2D eigenvalue weighted by Gasteiger charge is 1.98. The van der Waals surface area contributed by atoms with Gasteiger partial charge in [-0.05, 0) is 37.3 Å². The minimum absolute atomic E-state index is 0.560. The molecule has 2 aromatic rings. The molecule has 2 nitrogen and oxygen atoms in total. The van der Waals surface area contributed by atoms with E-state index >= 15 is 0 Å². The third-order valence-electron chi connectivity index (χ3n) is 1.82. The Morgan fingerprint density at radius 1 is 1.07 bits per heavy atom. The molecule has 0 fully saturated rings. The molecule has 0 spiro atoms. The first-order valence-corrected chi connectivity index (χ1v) is 5.26. The molecule has 75 valence electrons. The number of ether oxygens (including phenoxy) is 1. The predicted octanol–water partition coefficient (Wildman–Crippen LogP) is 3.82. The van der Waals surface area contributed by atoms with Crippen LogP contribution in [0.1, 0.15) is 5.69 Å². The van der Waals surface area contributed by atoms with Gasteiger partial charge in [0.15, 0.2) is 0 Å². The molecule has 0 aliphatic carbocycles. The molecule has 1 aromatic carbocycles. The second-order valence-electron chi connectivity index (χ2n) is 3.02. The van der Waals surface area contributed by atoms with E-state index in [0.717, 1.165) is 10.2 Å². The molecule has 0 saturated carbocycles. The lowest BCUT2D eigenvalue weighted by atomic mass is 10.3. The van der Waals surface area contributed by atoms with Crippen molar-refractivity contribution < 1.29 is 4.74 Å². The molecule has 0 saturated heterocycles. The summed E-state index contributed by atoms with van der Waals surface area (Å²) in [6.45, 7) is 3.74. The van der Waals surface area contributed by atoms with Crippen molar-refractivity contribution >= 4 is 15.9 Å². The van der Waals surface area contributed by atoms with Gasteiger partial charge in [-0.2, -0.15) is 0 Å². The van der Waals surface area contributed by atoms with Gasteiger partial charge in [-0.1, -0.05) is 22.0 Å². The van der Waals surface area contributed by atoms with Gasteiger partial charge in [-0.3, -0.25) is 0 Å². The lowest BCUT2D eigenvalue weighted by Gasteiger charge is -2.04. The van der Waals surface area contributed by atoms with Crippen LogP contribution in [0.5, 0.6) is 11.6 Å². The fourth-order valence-electron chi connectivity index (χ4n) is 1.14. The smallest absolute Gasteiger partial charge is 0.219 e. The van der Waals surface area contributed by atoms with Crippen LogP contribution in [0, 0.1) is 6.92 Å². The van der Waals surface area contributed by atoms with Crippen LogP contribution >= 0.6 is 15.9 Å². The maximum atomic E-state index is 5.54. The maximum absolute atomic E-state index is 5.54. The lowest BCUT2D eigenvalue weighted by molar-refractivity contribution is 0.462. The largest absolute Gasteiger partial charge is 0.439 e. The third kappa shape index (κ3) is 2.80. The number of nitrogens with zero attached hydrogens (tertiary/aromatic N) is 1. The van der Waals surface area contributed by atoms with Crippen LogP contribution in [-0.4, -0.2) is 4.98 Å². The summed E-state index contributed by atoms with van der Waals surface area (Å²) in [6.07, 6.45) is 0. The fourth-order valence-corrected chi connectivity index (χ4v) is 1.40. The van der Waals surface area contributed by atoms with Crippen LogP contribution in [0.25, 0.3) is 0 Å². The van der Waals surface area contributed by atoms with E-state index in [1.807, 2.05) is 36.4 Å². The minimum Gasteiger partial charge on any atom is -0.439 e. The van der Waals surface area contributed by atoms with E-state index in [2.05, 4.69) is 27.8 Å². The van der Waals surface area contributed by atoms with E-state index in [4.69, 9.17) is 4.74 Å².